The van der Waals surface area contributed by atoms with Crippen molar-refractivity contribution in [3.05, 3.63) is 45.6 Å². The Morgan fingerprint density at radius 1 is 1.57 bits per heavy atom. The summed E-state index contributed by atoms with van der Waals surface area (Å²) in [5, 5.41) is 19.5. The van der Waals surface area contributed by atoms with Crippen molar-refractivity contribution in [2.75, 3.05) is 7.11 Å². The second kappa shape index (κ2) is 5.67. The van der Waals surface area contributed by atoms with Gasteiger partial charge in [0.25, 0.3) is 5.69 Å². The van der Waals surface area contributed by atoms with E-state index in [1.807, 2.05) is 0 Å². The third kappa shape index (κ3) is 2.87. The molecular formula is C12H9FN2O6. The maximum atomic E-state index is 13.8. The van der Waals surface area contributed by atoms with Gasteiger partial charge >= 0.3 is 5.97 Å². The molecule has 0 saturated heterocycles. The quantitative estimate of drug-likeness (QED) is 0.664. The lowest BCUT2D eigenvalue weighted by Gasteiger charge is -1.98. The molecule has 1 heterocycles. The zero-order chi connectivity index (χ0) is 15.6. The zero-order valence-corrected chi connectivity index (χ0v) is 10.7. The highest BCUT2D eigenvalue weighted by Crippen LogP contribution is 2.27. The lowest BCUT2D eigenvalue weighted by molar-refractivity contribution is -0.385. The van der Waals surface area contributed by atoms with E-state index in [-0.39, 0.29) is 23.8 Å². The lowest BCUT2D eigenvalue weighted by Crippen LogP contribution is -2.00. The van der Waals surface area contributed by atoms with Crippen molar-refractivity contribution in [3.63, 3.8) is 0 Å². The molecule has 0 saturated carbocycles. The molecule has 0 radical (unpaired) electrons. The molecule has 0 unspecified atom stereocenters. The van der Waals surface area contributed by atoms with Crippen LogP contribution in [0.2, 0.25) is 0 Å². The summed E-state index contributed by atoms with van der Waals surface area (Å²) < 4.78 is 23.6. The first-order valence-corrected chi connectivity index (χ1v) is 5.60. The van der Waals surface area contributed by atoms with E-state index in [0.29, 0.717) is 6.07 Å². The van der Waals surface area contributed by atoms with Gasteiger partial charge in [-0.1, -0.05) is 0 Å². The van der Waals surface area contributed by atoms with E-state index in [4.69, 9.17) is 14.3 Å². The molecule has 8 nitrogen and oxygen atoms in total. The molecule has 0 aliphatic rings. The Balaban J connectivity index is 2.49. The SMILES string of the molecule is COCc1nc(-c2ccc([N+](=O)[O-])cc2F)oc1C(=O)O. The molecule has 0 aliphatic carbocycles. The number of aromatic nitrogens is 1. The highest BCUT2D eigenvalue weighted by molar-refractivity contribution is 5.86. The van der Waals surface area contributed by atoms with Gasteiger partial charge in [-0.15, -0.1) is 0 Å². The summed E-state index contributed by atoms with van der Waals surface area (Å²) in [7, 11) is 1.34. The number of methoxy groups -OCH3 is 1. The lowest BCUT2D eigenvalue weighted by atomic mass is 10.2. The van der Waals surface area contributed by atoms with Gasteiger partial charge in [-0.05, 0) is 6.07 Å². The zero-order valence-electron chi connectivity index (χ0n) is 10.7. The van der Waals surface area contributed by atoms with Gasteiger partial charge in [0, 0.05) is 13.2 Å². The Labute approximate surface area is 116 Å². The number of aromatic carboxylic acids is 1. The number of rotatable bonds is 5. The first-order chi connectivity index (χ1) is 9.93. The van der Waals surface area contributed by atoms with Crippen LogP contribution in [0.1, 0.15) is 16.2 Å². The van der Waals surface area contributed by atoms with E-state index in [0.717, 1.165) is 12.1 Å². The molecule has 21 heavy (non-hydrogen) atoms. The fraction of sp³-hybridized carbons (Fsp3) is 0.167. The summed E-state index contributed by atoms with van der Waals surface area (Å²) in [6.07, 6.45) is 0. The number of nitro benzene ring substituents is 1. The molecule has 9 heteroatoms. The number of carboxylic acids is 1. The number of oxazole rings is 1. The first kappa shape index (κ1) is 14.6. The van der Waals surface area contributed by atoms with Gasteiger partial charge in [-0.25, -0.2) is 14.2 Å². The molecule has 2 rings (SSSR count). The molecule has 0 fully saturated rings. The van der Waals surface area contributed by atoms with Crippen molar-refractivity contribution in [3.8, 4) is 11.5 Å². The van der Waals surface area contributed by atoms with Crippen LogP contribution < -0.4 is 0 Å². The minimum absolute atomic E-state index is 0.00208. The van der Waals surface area contributed by atoms with Crippen LogP contribution in [-0.2, 0) is 11.3 Å². The molecule has 0 atom stereocenters. The summed E-state index contributed by atoms with van der Waals surface area (Å²) in [6, 6.07) is 2.87. The van der Waals surface area contributed by atoms with E-state index < -0.39 is 28.2 Å². The molecule has 1 aromatic heterocycles. The highest BCUT2D eigenvalue weighted by atomic mass is 19.1. The normalized spacial score (nSPS) is 10.6. The Morgan fingerprint density at radius 3 is 2.81 bits per heavy atom. The maximum Gasteiger partial charge on any atom is 0.373 e. The van der Waals surface area contributed by atoms with Crippen LogP contribution in [0.4, 0.5) is 10.1 Å². The van der Waals surface area contributed by atoms with Crippen molar-refractivity contribution in [2.24, 2.45) is 0 Å². The summed E-state index contributed by atoms with van der Waals surface area (Å²) in [5.74, 6) is -3.06. The van der Waals surface area contributed by atoms with Gasteiger partial charge < -0.3 is 14.3 Å². The van der Waals surface area contributed by atoms with E-state index in [1.54, 1.807) is 0 Å². The van der Waals surface area contributed by atoms with Gasteiger partial charge in [-0.3, -0.25) is 10.1 Å². The topological polar surface area (TPSA) is 116 Å². The maximum absolute atomic E-state index is 13.8. The number of carboxylic acid groups (broad SMARTS) is 1. The van der Waals surface area contributed by atoms with Crippen LogP contribution in [-0.4, -0.2) is 28.1 Å². The highest BCUT2D eigenvalue weighted by Gasteiger charge is 2.22. The predicted octanol–water partition coefficient (Wildman–Crippen LogP) is 2.23. The number of benzene rings is 1. The Kier molecular flexibility index (Phi) is 3.94. The number of hydrogen-bond acceptors (Lipinski definition) is 6. The number of halogens is 1. The molecule has 0 bridgehead atoms. The molecule has 0 amide bonds. The largest absolute Gasteiger partial charge is 0.475 e. The first-order valence-electron chi connectivity index (χ1n) is 5.60. The summed E-state index contributed by atoms with van der Waals surface area (Å²) in [4.78, 5) is 24.6. The number of nitro groups is 1. The van der Waals surface area contributed by atoms with Crippen LogP contribution in [0.15, 0.2) is 22.6 Å². The van der Waals surface area contributed by atoms with Gasteiger partial charge in [0.05, 0.1) is 23.2 Å². The molecule has 1 aromatic carbocycles. The molecule has 1 N–H and O–H groups in total. The van der Waals surface area contributed by atoms with Gasteiger partial charge in [0.2, 0.25) is 11.7 Å². The van der Waals surface area contributed by atoms with Crippen molar-refractivity contribution < 1.29 is 28.4 Å². The van der Waals surface area contributed by atoms with E-state index in [2.05, 4.69) is 4.98 Å². The summed E-state index contributed by atoms with van der Waals surface area (Å²) in [6.45, 7) is -0.125. The van der Waals surface area contributed by atoms with Crippen molar-refractivity contribution in [2.45, 2.75) is 6.61 Å². The third-order valence-electron chi connectivity index (χ3n) is 2.57. The molecule has 0 spiro atoms. The van der Waals surface area contributed by atoms with Crippen LogP contribution in [0, 0.1) is 15.9 Å². The minimum atomic E-state index is -1.37. The van der Waals surface area contributed by atoms with Crippen molar-refractivity contribution in [1.29, 1.82) is 0 Å². The van der Waals surface area contributed by atoms with Gasteiger partial charge in [-0.2, -0.15) is 0 Å². The number of hydrogen-bond donors (Lipinski definition) is 1. The predicted molar refractivity (Wildman–Crippen MR) is 66.2 cm³/mol. The second-order valence-electron chi connectivity index (χ2n) is 3.95. The Morgan fingerprint density at radius 2 is 2.29 bits per heavy atom. The summed E-state index contributed by atoms with van der Waals surface area (Å²) in [5.41, 5.74) is -0.610. The van der Waals surface area contributed by atoms with E-state index >= 15 is 0 Å². The van der Waals surface area contributed by atoms with E-state index in [1.165, 1.54) is 7.11 Å². The molecule has 0 aliphatic heterocycles. The smallest absolute Gasteiger partial charge is 0.373 e. The number of non-ortho nitro benzene ring substituents is 1. The third-order valence-corrected chi connectivity index (χ3v) is 2.57. The number of nitrogens with zero attached hydrogens (tertiary/aromatic N) is 2. The van der Waals surface area contributed by atoms with Crippen LogP contribution in [0.3, 0.4) is 0 Å². The standard InChI is InChI=1S/C12H9FN2O6/c1-20-5-9-10(12(16)17)21-11(14-9)7-3-2-6(15(18)19)4-8(7)13/h2-4H,5H2,1H3,(H,16,17). The van der Waals surface area contributed by atoms with Crippen molar-refractivity contribution in [1.82, 2.24) is 4.98 Å². The van der Waals surface area contributed by atoms with Crippen LogP contribution in [0.25, 0.3) is 11.5 Å². The van der Waals surface area contributed by atoms with Crippen LogP contribution in [0.5, 0.6) is 0 Å². The summed E-state index contributed by atoms with van der Waals surface area (Å²) >= 11 is 0. The van der Waals surface area contributed by atoms with Crippen LogP contribution >= 0.6 is 0 Å². The Hall–Kier alpha value is -2.81. The fourth-order valence-electron chi connectivity index (χ4n) is 1.66. The minimum Gasteiger partial charge on any atom is -0.475 e. The molecule has 110 valence electrons. The molecule has 2 aromatic rings. The second-order valence-corrected chi connectivity index (χ2v) is 3.95. The number of ether oxygens (including phenoxy) is 1. The van der Waals surface area contributed by atoms with Gasteiger partial charge in [0.1, 0.15) is 11.5 Å². The number of carbonyl (C=O) groups is 1. The van der Waals surface area contributed by atoms with E-state index in [9.17, 15) is 19.3 Å². The van der Waals surface area contributed by atoms with Crippen molar-refractivity contribution >= 4 is 11.7 Å². The Bertz CT molecular complexity index is 712. The molecular weight excluding hydrogens is 287 g/mol. The average Bonchev–Trinajstić information content (AvgIpc) is 2.83. The average molecular weight is 296 g/mol. The fourth-order valence-corrected chi connectivity index (χ4v) is 1.66. The monoisotopic (exact) mass is 296 g/mol. The van der Waals surface area contributed by atoms with Gasteiger partial charge in [0.15, 0.2) is 0 Å².